The molecule has 0 fully saturated rings. The van der Waals surface area contributed by atoms with Crippen LogP contribution in [0.1, 0.15) is 26.7 Å². The van der Waals surface area contributed by atoms with Gasteiger partial charge >= 0.3 is 0 Å². The van der Waals surface area contributed by atoms with Crippen LogP contribution < -0.4 is 0 Å². The molecule has 152 valence electrons. The van der Waals surface area contributed by atoms with Gasteiger partial charge in [-0.2, -0.15) is 0 Å². The summed E-state index contributed by atoms with van der Waals surface area (Å²) in [6, 6.07) is 17.7. The van der Waals surface area contributed by atoms with Gasteiger partial charge in [0, 0.05) is 36.5 Å². The van der Waals surface area contributed by atoms with E-state index in [1.54, 1.807) is 11.8 Å². The summed E-state index contributed by atoms with van der Waals surface area (Å²) in [6.45, 7) is 5.53. The lowest BCUT2D eigenvalue weighted by Crippen LogP contribution is -2.30. The summed E-state index contributed by atoms with van der Waals surface area (Å²) in [5.74, 6) is 1.71. The van der Waals surface area contributed by atoms with E-state index in [1.807, 2.05) is 77.9 Å². The molecule has 2 aromatic carbocycles. The molecule has 0 aliphatic carbocycles. The monoisotopic (exact) mass is 428 g/mol. The summed E-state index contributed by atoms with van der Waals surface area (Å²) >= 11 is 8.02. The number of nitrogens with zero attached hydrogens (tertiary/aromatic N) is 4. The predicted octanol–water partition coefficient (Wildman–Crippen LogP) is 5.33. The van der Waals surface area contributed by atoms with Crippen molar-refractivity contribution in [3.05, 3.63) is 59.6 Å². The second-order valence-corrected chi connectivity index (χ2v) is 7.94. The largest absolute Gasteiger partial charge is 0.343 e. The van der Waals surface area contributed by atoms with E-state index in [4.69, 9.17) is 11.6 Å². The lowest BCUT2D eigenvalue weighted by molar-refractivity contribution is -0.130. The molecule has 3 aromatic rings. The van der Waals surface area contributed by atoms with E-state index in [9.17, 15) is 4.79 Å². The molecule has 3 rings (SSSR count). The molecule has 0 saturated heterocycles. The molecule has 1 amide bonds. The van der Waals surface area contributed by atoms with Crippen molar-refractivity contribution < 1.29 is 4.79 Å². The molecule has 0 atom stereocenters. The van der Waals surface area contributed by atoms with Gasteiger partial charge in [-0.05, 0) is 44.5 Å². The van der Waals surface area contributed by atoms with Crippen LogP contribution in [0.3, 0.4) is 0 Å². The highest BCUT2D eigenvalue weighted by Crippen LogP contribution is 2.32. The van der Waals surface area contributed by atoms with Crippen molar-refractivity contribution in [3.63, 3.8) is 0 Å². The summed E-state index contributed by atoms with van der Waals surface area (Å²) in [6.07, 6.45) is 1.34. The van der Waals surface area contributed by atoms with Crippen molar-refractivity contribution in [1.29, 1.82) is 0 Å². The Kier molecular flexibility index (Phi) is 7.72. The van der Waals surface area contributed by atoms with Gasteiger partial charge in [-0.15, -0.1) is 10.2 Å². The van der Waals surface area contributed by atoms with Gasteiger partial charge in [0.25, 0.3) is 0 Å². The molecule has 7 heteroatoms. The third-order valence-corrected chi connectivity index (χ3v) is 5.99. The van der Waals surface area contributed by atoms with Gasteiger partial charge in [0.15, 0.2) is 11.0 Å². The number of rotatable bonds is 9. The summed E-state index contributed by atoms with van der Waals surface area (Å²) in [4.78, 5) is 14.1. The second kappa shape index (κ2) is 10.5. The smallest absolute Gasteiger partial charge is 0.222 e. The Morgan fingerprint density at radius 2 is 1.72 bits per heavy atom. The molecule has 0 aliphatic rings. The van der Waals surface area contributed by atoms with E-state index in [0.29, 0.717) is 17.3 Å². The number of carbonyl (C=O) groups excluding carboxylic acids is 1. The van der Waals surface area contributed by atoms with Gasteiger partial charge < -0.3 is 4.90 Å². The lowest BCUT2D eigenvalue weighted by atomic mass is 10.2. The second-order valence-electron chi connectivity index (χ2n) is 6.48. The number of aromatic nitrogens is 3. The van der Waals surface area contributed by atoms with Crippen molar-refractivity contribution in [1.82, 2.24) is 19.7 Å². The summed E-state index contributed by atoms with van der Waals surface area (Å²) in [7, 11) is 0. The average Bonchev–Trinajstić information content (AvgIpc) is 3.16. The Morgan fingerprint density at radius 1 is 1.03 bits per heavy atom. The Balaban J connectivity index is 1.79. The molecule has 0 bridgehead atoms. The molecule has 0 aliphatic heterocycles. The fourth-order valence-electron chi connectivity index (χ4n) is 3.11. The van der Waals surface area contributed by atoms with Crippen LogP contribution in [0.25, 0.3) is 17.1 Å². The Morgan fingerprint density at radius 3 is 2.41 bits per heavy atom. The number of carbonyl (C=O) groups is 1. The van der Waals surface area contributed by atoms with Crippen molar-refractivity contribution in [2.75, 3.05) is 18.8 Å². The Bertz CT molecular complexity index is 941. The molecule has 0 spiro atoms. The molecule has 1 heterocycles. The molecular formula is C22H25ClN4OS. The van der Waals surface area contributed by atoms with E-state index in [-0.39, 0.29) is 5.91 Å². The number of amides is 1. The maximum Gasteiger partial charge on any atom is 0.222 e. The van der Waals surface area contributed by atoms with E-state index < -0.39 is 0 Å². The van der Waals surface area contributed by atoms with Crippen LogP contribution in [0.4, 0.5) is 0 Å². The first-order valence-corrected chi connectivity index (χ1v) is 11.2. The highest BCUT2D eigenvalue weighted by atomic mass is 35.5. The third-order valence-electron chi connectivity index (χ3n) is 4.64. The fourth-order valence-corrected chi connectivity index (χ4v) is 4.22. The minimum absolute atomic E-state index is 0.205. The highest BCUT2D eigenvalue weighted by Gasteiger charge is 2.18. The minimum Gasteiger partial charge on any atom is -0.343 e. The predicted molar refractivity (Wildman–Crippen MR) is 120 cm³/mol. The number of benzene rings is 2. The van der Waals surface area contributed by atoms with E-state index in [2.05, 4.69) is 10.2 Å². The van der Waals surface area contributed by atoms with Crippen LogP contribution in [0.2, 0.25) is 5.02 Å². The molecule has 0 saturated carbocycles. The van der Waals surface area contributed by atoms with Gasteiger partial charge in [0.1, 0.15) is 0 Å². The fraction of sp³-hybridized carbons (Fsp3) is 0.318. The van der Waals surface area contributed by atoms with Gasteiger partial charge in [-0.3, -0.25) is 9.36 Å². The van der Waals surface area contributed by atoms with Crippen LogP contribution in [0, 0.1) is 0 Å². The maximum absolute atomic E-state index is 12.2. The topological polar surface area (TPSA) is 51.0 Å². The number of halogens is 1. The van der Waals surface area contributed by atoms with Gasteiger partial charge in [0.2, 0.25) is 5.91 Å². The maximum atomic E-state index is 12.2. The normalized spacial score (nSPS) is 10.9. The van der Waals surface area contributed by atoms with Crippen LogP contribution in [-0.2, 0) is 4.79 Å². The van der Waals surface area contributed by atoms with E-state index in [0.717, 1.165) is 41.7 Å². The first kappa shape index (κ1) is 21.4. The molecule has 29 heavy (non-hydrogen) atoms. The van der Waals surface area contributed by atoms with E-state index in [1.165, 1.54) is 0 Å². The summed E-state index contributed by atoms with van der Waals surface area (Å²) < 4.78 is 2.03. The van der Waals surface area contributed by atoms with Crippen molar-refractivity contribution in [2.45, 2.75) is 31.8 Å². The summed E-state index contributed by atoms with van der Waals surface area (Å²) in [5, 5.41) is 10.3. The van der Waals surface area contributed by atoms with Crippen LogP contribution in [-0.4, -0.2) is 44.4 Å². The molecule has 1 aromatic heterocycles. The Labute approximate surface area is 181 Å². The Hall–Kier alpha value is -2.31. The van der Waals surface area contributed by atoms with Gasteiger partial charge in [-0.25, -0.2) is 0 Å². The molecule has 5 nitrogen and oxygen atoms in total. The minimum atomic E-state index is 0.205. The third kappa shape index (κ3) is 5.19. The quantitative estimate of drug-likeness (QED) is 0.341. The number of hydrogen-bond donors (Lipinski definition) is 0. The molecular weight excluding hydrogens is 404 g/mol. The van der Waals surface area contributed by atoms with Gasteiger partial charge in [-0.1, -0.05) is 53.7 Å². The van der Waals surface area contributed by atoms with E-state index >= 15 is 0 Å². The number of para-hydroxylation sites is 1. The molecule has 0 radical (unpaired) electrons. The average molecular weight is 429 g/mol. The number of thioether (sulfide) groups is 1. The number of hydrogen-bond acceptors (Lipinski definition) is 4. The van der Waals surface area contributed by atoms with Crippen LogP contribution >= 0.6 is 23.4 Å². The van der Waals surface area contributed by atoms with Crippen LogP contribution in [0.15, 0.2) is 59.8 Å². The standard InChI is InChI=1S/C22H25ClN4OS/c1-3-26(4-2)20(28)15-10-16-29-22-25-24-21(18-13-8-9-14-19(18)23)27(22)17-11-6-5-7-12-17/h5-9,11-14H,3-4,10,15-16H2,1-2H3. The highest BCUT2D eigenvalue weighted by molar-refractivity contribution is 7.99. The molecule has 0 unspecified atom stereocenters. The zero-order valence-electron chi connectivity index (χ0n) is 16.7. The lowest BCUT2D eigenvalue weighted by Gasteiger charge is -2.18. The van der Waals surface area contributed by atoms with Crippen molar-refractivity contribution in [2.24, 2.45) is 0 Å². The van der Waals surface area contributed by atoms with Crippen molar-refractivity contribution in [3.8, 4) is 17.1 Å². The first-order valence-electron chi connectivity index (χ1n) is 9.82. The first-order chi connectivity index (χ1) is 14.2. The summed E-state index contributed by atoms with van der Waals surface area (Å²) in [5.41, 5.74) is 1.82. The van der Waals surface area contributed by atoms with Crippen LogP contribution in [0.5, 0.6) is 0 Å². The van der Waals surface area contributed by atoms with Gasteiger partial charge in [0.05, 0.1) is 5.02 Å². The zero-order chi connectivity index (χ0) is 20.6. The molecule has 0 N–H and O–H groups in total. The SMILES string of the molecule is CCN(CC)C(=O)CCCSc1nnc(-c2ccccc2Cl)n1-c1ccccc1. The van der Waals surface area contributed by atoms with Crippen molar-refractivity contribution >= 4 is 29.3 Å². The zero-order valence-corrected chi connectivity index (χ0v) is 18.3.